The molecule has 0 bridgehead atoms. The van der Waals surface area contributed by atoms with Gasteiger partial charge in [-0.1, -0.05) is 29.3 Å². The van der Waals surface area contributed by atoms with Crippen molar-refractivity contribution >= 4 is 72.2 Å². The smallest absolute Gasteiger partial charge is 0.205 e. The number of carbonyl (C=O) groups excluding carboxylic acids is 1. The molecule has 0 radical (unpaired) electrons. The van der Waals surface area contributed by atoms with Crippen molar-refractivity contribution in [3.05, 3.63) is 53.0 Å². The van der Waals surface area contributed by atoms with E-state index in [0.29, 0.717) is 15.5 Å². The van der Waals surface area contributed by atoms with Gasteiger partial charge < -0.3 is 0 Å². The van der Waals surface area contributed by atoms with Crippen LogP contribution in [0.1, 0.15) is 15.2 Å². The minimum Gasteiger partial charge on any atom is -0.288 e. The third-order valence-corrected chi connectivity index (χ3v) is 6.44. The van der Waals surface area contributed by atoms with Crippen molar-refractivity contribution in [2.75, 3.05) is 0 Å². The molecule has 0 atom stereocenters. The fourth-order valence-corrected chi connectivity index (χ4v) is 3.77. The molecule has 0 saturated heterocycles. The Balaban J connectivity index is 2.51. The maximum Gasteiger partial charge on any atom is 0.205 e. The lowest BCUT2D eigenvalue weighted by molar-refractivity contribution is 0.104. The highest BCUT2D eigenvalue weighted by Gasteiger charge is 2.19. The van der Waals surface area contributed by atoms with Gasteiger partial charge in [-0.2, -0.15) is 0 Å². The first-order valence-electron chi connectivity index (χ1n) is 4.43. The van der Waals surface area contributed by atoms with E-state index in [-0.39, 0.29) is 10.8 Å². The van der Waals surface area contributed by atoms with Crippen LogP contribution in [0.15, 0.2) is 32.5 Å². The molecule has 1 aromatic heterocycles. The van der Waals surface area contributed by atoms with Gasteiger partial charge in [0.1, 0.15) is 0 Å². The Morgan fingerprint density at radius 1 is 1.24 bits per heavy atom. The van der Waals surface area contributed by atoms with Gasteiger partial charge in [-0.05, 0) is 44.0 Å². The summed E-state index contributed by atoms with van der Waals surface area (Å²) in [5.74, 6) is -0.139. The summed E-state index contributed by atoms with van der Waals surface area (Å²) < 4.78 is 1.59. The van der Waals surface area contributed by atoms with Crippen LogP contribution in [0.2, 0.25) is 10.0 Å². The van der Waals surface area contributed by atoms with E-state index in [1.54, 1.807) is 18.2 Å². The summed E-state index contributed by atoms with van der Waals surface area (Å²) in [6.45, 7) is 0. The molecule has 2 aromatic rings. The highest BCUT2D eigenvalue weighted by atomic mass is 79.9. The van der Waals surface area contributed by atoms with Crippen LogP contribution >= 0.6 is 66.4 Å². The van der Waals surface area contributed by atoms with Crippen molar-refractivity contribution < 1.29 is 4.79 Å². The Kier molecular flexibility index (Phi) is 4.31. The minimum absolute atomic E-state index is 0.139. The van der Waals surface area contributed by atoms with Crippen LogP contribution in [0, 0.1) is 0 Å². The molecular weight excluding hydrogens is 411 g/mol. The van der Waals surface area contributed by atoms with Crippen molar-refractivity contribution in [1.82, 2.24) is 0 Å². The van der Waals surface area contributed by atoms with Crippen LogP contribution in [0.3, 0.4) is 0 Å². The topological polar surface area (TPSA) is 17.1 Å². The van der Waals surface area contributed by atoms with Crippen molar-refractivity contribution in [2.24, 2.45) is 0 Å². The third kappa shape index (κ3) is 2.61. The average Bonchev–Trinajstić information content (AvgIpc) is 2.63. The monoisotopic (exact) mass is 412 g/mol. The van der Waals surface area contributed by atoms with Gasteiger partial charge in [0.25, 0.3) is 0 Å². The number of benzene rings is 1. The molecular formula is C11H4Br2Cl2OS. The maximum absolute atomic E-state index is 12.3. The molecule has 88 valence electrons. The van der Waals surface area contributed by atoms with Crippen LogP contribution < -0.4 is 0 Å². The number of halogens is 4. The summed E-state index contributed by atoms with van der Waals surface area (Å²) in [6, 6.07) is 5.02. The van der Waals surface area contributed by atoms with E-state index in [1.807, 2.05) is 5.38 Å². The van der Waals surface area contributed by atoms with Crippen molar-refractivity contribution in [3.8, 4) is 0 Å². The predicted octanol–water partition coefficient (Wildman–Crippen LogP) is 5.81. The lowest BCUT2D eigenvalue weighted by atomic mass is 10.1. The molecule has 1 nitrogen and oxygen atoms in total. The number of rotatable bonds is 2. The van der Waals surface area contributed by atoms with E-state index in [1.165, 1.54) is 11.3 Å². The largest absolute Gasteiger partial charge is 0.288 e. The normalized spacial score (nSPS) is 10.6. The van der Waals surface area contributed by atoms with Crippen molar-refractivity contribution in [2.45, 2.75) is 0 Å². The Morgan fingerprint density at radius 3 is 2.53 bits per heavy atom. The molecule has 0 aliphatic carbocycles. The molecule has 2 rings (SSSR count). The van der Waals surface area contributed by atoms with Crippen molar-refractivity contribution in [1.29, 1.82) is 0 Å². The van der Waals surface area contributed by atoms with Crippen molar-refractivity contribution in [3.63, 3.8) is 0 Å². The zero-order valence-corrected chi connectivity index (χ0v) is 13.6. The van der Waals surface area contributed by atoms with Gasteiger partial charge in [-0.15, -0.1) is 11.3 Å². The fraction of sp³-hybridized carbons (Fsp3) is 0. The number of hydrogen-bond donors (Lipinski definition) is 0. The van der Waals surface area contributed by atoms with Gasteiger partial charge in [0.2, 0.25) is 5.78 Å². The molecule has 1 aromatic carbocycles. The standard InChI is InChI=1S/C11H4Br2Cl2OS/c12-6-4-17-11(8(6)13)10(16)5-2-1-3-7(14)9(5)15/h1-4H. The molecule has 0 aliphatic rings. The molecule has 17 heavy (non-hydrogen) atoms. The zero-order chi connectivity index (χ0) is 12.6. The van der Waals surface area contributed by atoms with Gasteiger partial charge in [0, 0.05) is 15.4 Å². The third-order valence-electron chi connectivity index (χ3n) is 2.09. The fourth-order valence-electron chi connectivity index (χ4n) is 1.28. The van der Waals surface area contributed by atoms with Crippen LogP contribution in [0.5, 0.6) is 0 Å². The minimum atomic E-state index is -0.139. The number of ketones is 1. The van der Waals surface area contributed by atoms with E-state index in [4.69, 9.17) is 23.2 Å². The van der Waals surface area contributed by atoms with E-state index >= 15 is 0 Å². The van der Waals surface area contributed by atoms with E-state index in [0.717, 1.165) is 8.95 Å². The molecule has 0 saturated carbocycles. The Labute approximate surface area is 129 Å². The summed E-state index contributed by atoms with van der Waals surface area (Å²) in [7, 11) is 0. The Hall–Kier alpha value is 0.130. The summed E-state index contributed by atoms with van der Waals surface area (Å²) in [4.78, 5) is 12.9. The number of thiophene rings is 1. The molecule has 0 spiro atoms. The second kappa shape index (κ2) is 5.41. The summed E-state index contributed by atoms with van der Waals surface area (Å²) in [5, 5.41) is 2.51. The molecule has 1 heterocycles. The van der Waals surface area contributed by atoms with Crippen LogP contribution in [-0.2, 0) is 0 Å². The average molecular weight is 415 g/mol. The number of carbonyl (C=O) groups is 1. The molecule has 0 aliphatic heterocycles. The first-order valence-corrected chi connectivity index (χ1v) is 7.65. The molecule has 0 fully saturated rings. The van der Waals surface area contributed by atoms with Crippen LogP contribution in [0.4, 0.5) is 0 Å². The summed E-state index contributed by atoms with van der Waals surface area (Å²) >= 11 is 20.0. The zero-order valence-electron chi connectivity index (χ0n) is 8.14. The highest BCUT2D eigenvalue weighted by molar-refractivity contribution is 9.13. The van der Waals surface area contributed by atoms with E-state index in [2.05, 4.69) is 31.9 Å². The molecule has 6 heteroatoms. The van der Waals surface area contributed by atoms with E-state index in [9.17, 15) is 4.79 Å². The van der Waals surface area contributed by atoms with Crippen LogP contribution in [-0.4, -0.2) is 5.78 Å². The Morgan fingerprint density at radius 2 is 1.94 bits per heavy atom. The first kappa shape index (κ1) is 13.6. The van der Waals surface area contributed by atoms with E-state index < -0.39 is 0 Å². The van der Waals surface area contributed by atoms with Crippen LogP contribution in [0.25, 0.3) is 0 Å². The summed E-state index contributed by atoms with van der Waals surface area (Å²) in [6.07, 6.45) is 0. The first-order chi connectivity index (χ1) is 8.02. The van der Waals surface area contributed by atoms with Gasteiger partial charge in [0.15, 0.2) is 0 Å². The SMILES string of the molecule is O=C(c1cccc(Cl)c1Cl)c1scc(Br)c1Br. The Bertz CT molecular complexity index is 595. The molecule has 0 amide bonds. The lowest BCUT2D eigenvalue weighted by Crippen LogP contribution is -2.00. The molecule has 0 N–H and O–H groups in total. The number of hydrogen-bond acceptors (Lipinski definition) is 2. The summed E-state index contributed by atoms with van der Waals surface area (Å²) in [5.41, 5.74) is 0.411. The quantitative estimate of drug-likeness (QED) is 0.566. The second-order valence-electron chi connectivity index (χ2n) is 3.16. The van der Waals surface area contributed by atoms with Gasteiger partial charge in [-0.25, -0.2) is 0 Å². The van der Waals surface area contributed by atoms with Gasteiger partial charge >= 0.3 is 0 Å². The van der Waals surface area contributed by atoms with Gasteiger partial charge in [-0.3, -0.25) is 4.79 Å². The second-order valence-corrected chi connectivity index (χ2v) is 6.47. The predicted molar refractivity (Wildman–Crippen MR) is 79.6 cm³/mol. The molecule has 0 unspecified atom stereocenters. The maximum atomic E-state index is 12.3. The lowest BCUT2D eigenvalue weighted by Gasteiger charge is -2.03. The van der Waals surface area contributed by atoms with Gasteiger partial charge in [0.05, 0.1) is 19.4 Å². The highest BCUT2D eigenvalue weighted by Crippen LogP contribution is 2.36.